The first-order valence-corrected chi connectivity index (χ1v) is 6.35. The molecule has 6 heteroatoms. The summed E-state index contributed by atoms with van der Waals surface area (Å²) < 4.78 is 0. The van der Waals surface area contributed by atoms with Crippen LogP contribution in [0, 0.1) is 6.92 Å². The van der Waals surface area contributed by atoms with Crippen LogP contribution in [0.5, 0.6) is 5.75 Å². The van der Waals surface area contributed by atoms with Gasteiger partial charge in [0.25, 0.3) is 5.91 Å². The third kappa shape index (κ3) is 4.04. The Morgan fingerprint density at radius 3 is 2.57 bits per heavy atom. The zero-order chi connectivity index (χ0) is 15.2. The van der Waals surface area contributed by atoms with Crippen LogP contribution in [0.2, 0.25) is 0 Å². The fraction of sp³-hybridized carbons (Fsp3) is 0.133. The van der Waals surface area contributed by atoms with E-state index in [-0.39, 0.29) is 24.0 Å². The highest BCUT2D eigenvalue weighted by molar-refractivity contribution is 5.99. The van der Waals surface area contributed by atoms with Gasteiger partial charge in [0.1, 0.15) is 0 Å². The fourth-order valence-electron chi connectivity index (χ4n) is 1.64. The van der Waals surface area contributed by atoms with Gasteiger partial charge in [-0.2, -0.15) is 0 Å². The monoisotopic (exact) mass is 285 g/mol. The van der Waals surface area contributed by atoms with Gasteiger partial charge in [0, 0.05) is 11.8 Å². The Labute approximate surface area is 121 Å². The van der Waals surface area contributed by atoms with Crippen LogP contribution in [-0.4, -0.2) is 28.4 Å². The highest BCUT2D eigenvalue weighted by atomic mass is 16.3. The first-order chi connectivity index (χ1) is 10.1. The molecule has 0 spiro atoms. The molecule has 0 radical (unpaired) electrons. The highest BCUT2D eigenvalue weighted by Gasteiger charge is 2.10. The number of aromatic hydroxyl groups is 1. The van der Waals surface area contributed by atoms with Crippen LogP contribution in [-0.2, 0) is 4.79 Å². The molecule has 0 aliphatic heterocycles. The van der Waals surface area contributed by atoms with Gasteiger partial charge in [0.05, 0.1) is 6.54 Å². The summed E-state index contributed by atoms with van der Waals surface area (Å²) in [5.74, 6) is -0.873. The lowest BCUT2D eigenvalue weighted by atomic mass is 10.1. The molecule has 0 bridgehead atoms. The van der Waals surface area contributed by atoms with Gasteiger partial charge in [-0.25, -0.2) is 4.98 Å². The van der Waals surface area contributed by atoms with Gasteiger partial charge in [-0.3, -0.25) is 9.59 Å². The van der Waals surface area contributed by atoms with Crippen LogP contribution < -0.4 is 10.6 Å². The molecule has 0 aliphatic carbocycles. The number of pyridine rings is 1. The van der Waals surface area contributed by atoms with Crippen molar-refractivity contribution in [1.82, 2.24) is 10.3 Å². The summed E-state index contributed by atoms with van der Waals surface area (Å²) in [6.07, 6.45) is 1.44. The molecular formula is C15H15N3O3. The molecular weight excluding hydrogens is 270 g/mol. The maximum absolute atomic E-state index is 11.8. The van der Waals surface area contributed by atoms with Crippen molar-refractivity contribution in [2.75, 3.05) is 11.9 Å². The zero-order valence-corrected chi connectivity index (χ0v) is 11.5. The number of carbonyl (C=O) groups excluding carboxylic acids is 2. The number of anilines is 1. The van der Waals surface area contributed by atoms with E-state index in [9.17, 15) is 14.7 Å². The smallest absolute Gasteiger partial charge is 0.251 e. The van der Waals surface area contributed by atoms with Gasteiger partial charge in [-0.1, -0.05) is 17.7 Å². The molecule has 21 heavy (non-hydrogen) atoms. The predicted octanol–water partition coefficient (Wildman–Crippen LogP) is 1.46. The average Bonchev–Trinajstić information content (AvgIpc) is 2.48. The number of aromatic nitrogens is 1. The average molecular weight is 285 g/mol. The maximum atomic E-state index is 11.8. The van der Waals surface area contributed by atoms with Crippen molar-refractivity contribution < 1.29 is 14.7 Å². The molecule has 1 aromatic carbocycles. The normalized spacial score (nSPS) is 9.95. The molecule has 0 aliphatic rings. The van der Waals surface area contributed by atoms with Gasteiger partial charge in [0.15, 0.2) is 11.6 Å². The summed E-state index contributed by atoms with van der Waals surface area (Å²) in [6, 6.07) is 9.97. The van der Waals surface area contributed by atoms with Crippen molar-refractivity contribution in [3.63, 3.8) is 0 Å². The molecule has 1 aromatic heterocycles. The minimum absolute atomic E-state index is 0.0621. The Bertz CT molecular complexity index is 653. The van der Waals surface area contributed by atoms with Gasteiger partial charge >= 0.3 is 0 Å². The van der Waals surface area contributed by atoms with Gasteiger partial charge in [-0.05, 0) is 31.2 Å². The van der Waals surface area contributed by atoms with Crippen molar-refractivity contribution in [3.05, 3.63) is 53.7 Å². The Kier molecular flexibility index (Phi) is 4.50. The Morgan fingerprint density at radius 1 is 1.19 bits per heavy atom. The minimum Gasteiger partial charge on any atom is -0.504 e. The van der Waals surface area contributed by atoms with Crippen LogP contribution in [0.1, 0.15) is 15.9 Å². The largest absolute Gasteiger partial charge is 0.504 e. The second-order valence-corrected chi connectivity index (χ2v) is 4.47. The highest BCUT2D eigenvalue weighted by Crippen LogP contribution is 2.17. The van der Waals surface area contributed by atoms with Crippen LogP contribution >= 0.6 is 0 Å². The van der Waals surface area contributed by atoms with Gasteiger partial charge in [0.2, 0.25) is 5.91 Å². The fourth-order valence-corrected chi connectivity index (χ4v) is 1.64. The Hall–Kier alpha value is -2.89. The lowest BCUT2D eigenvalue weighted by molar-refractivity contribution is -0.115. The van der Waals surface area contributed by atoms with Crippen molar-refractivity contribution in [2.24, 2.45) is 0 Å². The van der Waals surface area contributed by atoms with Crippen LogP contribution in [0.15, 0.2) is 42.6 Å². The summed E-state index contributed by atoms with van der Waals surface area (Å²) in [6.45, 7) is 1.72. The number of nitrogens with one attached hydrogen (secondary N) is 2. The van der Waals surface area contributed by atoms with Crippen molar-refractivity contribution in [3.8, 4) is 5.75 Å². The molecule has 108 valence electrons. The number of hydrogen-bond acceptors (Lipinski definition) is 4. The molecule has 0 fully saturated rings. The minimum atomic E-state index is -0.468. The van der Waals surface area contributed by atoms with E-state index in [1.54, 1.807) is 18.2 Å². The quantitative estimate of drug-likeness (QED) is 0.793. The van der Waals surface area contributed by atoms with E-state index in [4.69, 9.17) is 0 Å². The van der Waals surface area contributed by atoms with Gasteiger partial charge in [-0.15, -0.1) is 0 Å². The summed E-state index contributed by atoms with van der Waals surface area (Å²) in [7, 11) is 0. The molecule has 3 N–H and O–H groups in total. The number of nitrogens with zero attached hydrogens (tertiary/aromatic N) is 1. The first-order valence-electron chi connectivity index (χ1n) is 6.35. The summed E-state index contributed by atoms with van der Waals surface area (Å²) in [4.78, 5) is 27.3. The standard InChI is InChI=1S/C15H15N3O3/c1-10-4-6-11(7-5-10)15(21)17-9-13(20)18-14-12(19)3-2-8-16-14/h2-8,19H,9H2,1H3,(H,17,21)(H,16,18,20). The van der Waals surface area contributed by atoms with Crippen LogP contribution in [0.4, 0.5) is 5.82 Å². The topological polar surface area (TPSA) is 91.3 Å². The number of benzene rings is 1. The molecule has 0 saturated heterocycles. The molecule has 2 amide bonds. The number of aryl methyl sites for hydroxylation is 1. The van der Waals surface area contributed by atoms with E-state index in [0.717, 1.165) is 5.56 Å². The summed E-state index contributed by atoms with van der Waals surface area (Å²) in [5.41, 5.74) is 1.53. The Balaban J connectivity index is 1.88. The Morgan fingerprint density at radius 2 is 1.90 bits per heavy atom. The zero-order valence-electron chi connectivity index (χ0n) is 11.5. The second kappa shape index (κ2) is 6.51. The number of hydrogen-bond donors (Lipinski definition) is 3. The van der Waals surface area contributed by atoms with E-state index in [1.807, 2.05) is 19.1 Å². The molecule has 0 saturated carbocycles. The summed E-state index contributed by atoms with van der Waals surface area (Å²) >= 11 is 0. The second-order valence-electron chi connectivity index (χ2n) is 4.47. The lowest BCUT2D eigenvalue weighted by Gasteiger charge is -2.07. The van der Waals surface area contributed by atoms with Gasteiger partial charge < -0.3 is 15.7 Å². The third-order valence-corrected chi connectivity index (χ3v) is 2.77. The van der Waals surface area contributed by atoms with E-state index >= 15 is 0 Å². The first kappa shape index (κ1) is 14.5. The molecule has 6 nitrogen and oxygen atoms in total. The van der Waals surface area contributed by atoms with E-state index in [0.29, 0.717) is 5.56 Å². The van der Waals surface area contributed by atoms with Crippen molar-refractivity contribution in [1.29, 1.82) is 0 Å². The van der Waals surface area contributed by atoms with Crippen LogP contribution in [0.25, 0.3) is 0 Å². The van der Waals surface area contributed by atoms with Crippen LogP contribution in [0.3, 0.4) is 0 Å². The SMILES string of the molecule is Cc1ccc(C(=O)NCC(=O)Nc2ncccc2O)cc1. The number of rotatable bonds is 4. The molecule has 0 atom stereocenters. The lowest BCUT2D eigenvalue weighted by Crippen LogP contribution is -2.33. The molecule has 0 unspecified atom stereocenters. The molecule has 2 rings (SSSR count). The maximum Gasteiger partial charge on any atom is 0.251 e. The number of amides is 2. The third-order valence-electron chi connectivity index (χ3n) is 2.77. The summed E-state index contributed by atoms with van der Waals surface area (Å²) in [5, 5.41) is 14.4. The predicted molar refractivity (Wildman–Crippen MR) is 78.0 cm³/mol. The van der Waals surface area contributed by atoms with E-state index in [2.05, 4.69) is 15.6 Å². The molecule has 2 aromatic rings. The van der Waals surface area contributed by atoms with E-state index < -0.39 is 5.91 Å². The number of carbonyl (C=O) groups is 2. The van der Waals surface area contributed by atoms with Crippen molar-refractivity contribution >= 4 is 17.6 Å². The van der Waals surface area contributed by atoms with Crippen molar-refractivity contribution in [2.45, 2.75) is 6.92 Å². The molecule has 1 heterocycles. The van der Waals surface area contributed by atoms with E-state index in [1.165, 1.54) is 12.3 Å².